The number of nitrogens with one attached hydrogen (secondary N) is 2. The fraction of sp³-hybridized carbons (Fsp3) is 0.278. The molecule has 10 heteroatoms. The van der Waals surface area contributed by atoms with Crippen LogP contribution in [0.3, 0.4) is 0 Å². The minimum atomic E-state index is -3.66. The van der Waals surface area contributed by atoms with Crippen LogP contribution in [-0.4, -0.2) is 37.9 Å². The molecule has 2 rings (SSSR count). The molecular formula is C18H20ClN3O5S. The molecule has 0 spiro atoms. The van der Waals surface area contributed by atoms with Gasteiger partial charge in [0, 0.05) is 12.2 Å². The van der Waals surface area contributed by atoms with E-state index in [-0.39, 0.29) is 21.7 Å². The van der Waals surface area contributed by atoms with Crippen molar-refractivity contribution < 1.29 is 22.7 Å². The van der Waals surface area contributed by atoms with Crippen LogP contribution in [0.1, 0.15) is 30.6 Å². The van der Waals surface area contributed by atoms with Crippen LogP contribution in [0.4, 0.5) is 5.69 Å². The van der Waals surface area contributed by atoms with Gasteiger partial charge in [0.05, 0.1) is 16.1 Å². The van der Waals surface area contributed by atoms with E-state index in [2.05, 4.69) is 15.0 Å². The molecule has 0 aliphatic carbocycles. The van der Waals surface area contributed by atoms with Crippen LogP contribution in [0.25, 0.3) is 0 Å². The molecule has 8 nitrogen and oxygen atoms in total. The maximum atomic E-state index is 12.2. The zero-order chi connectivity index (χ0) is 20.7. The number of rotatable bonds is 8. The van der Waals surface area contributed by atoms with Gasteiger partial charge in [0.25, 0.3) is 5.91 Å². The SMILES string of the molecule is CCC(C)NS(=O)(=O)c1ccc(C(=O)OCC(=O)Nc2cccnc2Cl)cc1. The number of nitrogens with zero attached hydrogens (tertiary/aromatic N) is 1. The van der Waals surface area contributed by atoms with Gasteiger partial charge in [-0.3, -0.25) is 4.79 Å². The highest BCUT2D eigenvalue weighted by Gasteiger charge is 2.18. The number of amides is 1. The molecule has 1 atom stereocenters. The highest BCUT2D eigenvalue weighted by atomic mass is 35.5. The minimum absolute atomic E-state index is 0.0355. The van der Waals surface area contributed by atoms with Crippen molar-refractivity contribution in [2.24, 2.45) is 0 Å². The lowest BCUT2D eigenvalue weighted by Gasteiger charge is -2.12. The van der Waals surface area contributed by atoms with E-state index in [0.29, 0.717) is 12.1 Å². The Hall–Kier alpha value is -2.49. The largest absolute Gasteiger partial charge is 0.452 e. The van der Waals surface area contributed by atoms with Crippen LogP contribution in [-0.2, 0) is 19.6 Å². The minimum Gasteiger partial charge on any atom is -0.452 e. The molecule has 0 aliphatic heterocycles. The Morgan fingerprint density at radius 2 is 1.89 bits per heavy atom. The summed E-state index contributed by atoms with van der Waals surface area (Å²) in [6.07, 6.45) is 2.12. The van der Waals surface area contributed by atoms with E-state index in [9.17, 15) is 18.0 Å². The van der Waals surface area contributed by atoms with Gasteiger partial charge < -0.3 is 10.1 Å². The van der Waals surface area contributed by atoms with Crippen molar-refractivity contribution >= 4 is 39.2 Å². The third-order valence-electron chi connectivity index (χ3n) is 3.74. The smallest absolute Gasteiger partial charge is 0.338 e. The van der Waals surface area contributed by atoms with Crippen LogP contribution in [0, 0.1) is 0 Å². The number of esters is 1. The lowest BCUT2D eigenvalue weighted by Crippen LogP contribution is -2.32. The number of ether oxygens (including phenoxy) is 1. The summed E-state index contributed by atoms with van der Waals surface area (Å²) in [6, 6.07) is 8.20. The predicted octanol–water partition coefficient (Wildman–Crippen LogP) is 2.61. The van der Waals surface area contributed by atoms with Gasteiger partial charge in [0.15, 0.2) is 11.8 Å². The summed E-state index contributed by atoms with van der Waals surface area (Å²) in [5, 5.41) is 2.59. The van der Waals surface area contributed by atoms with Crippen molar-refractivity contribution in [3.05, 3.63) is 53.3 Å². The maximum Gasteiger partial charge on any atom is 0.338 e. The second kappa shape index (κ2) is 9.63. The van der Waals surface area contributed by atoms with Gasteiger partial charge in [0.2, 0.25) is 10.0 Å². The molecule has 1 unspecified atom stereocenters. The van der Waals surface area contributed by atoms with E-state index in [4.69, 9.17) is 16.3 Å². The number of sulfonamides is 1. The number of aromatic nitrogens is 1. The molecular weight excluding hydrogens is 406 g/mol. The van der Waals surface area contributed by atoms with Crippen molar-refractivity contribution in [1.82, 2.24) is 9.71 Å². The number of pyridine rings is 1. The Morgan fingerprint density at radius 1 is 1.21 bits per heavy atom. The van der Waals surface area contributed by atoms with Crippen LogP contribution in [0.5, 0.6) is 0 Å². The molecule has 0 aliphatic rings. The normalized spacial score (nSPS) is 12.2. The average Bonchev–Trinajstić information content (AvgIpc) is 2.67. The highest BCUT2D eigenvalue weighted by Crippen LogP contribution is 2.17. The van der Waals surface area contributed by atoms with Gasteiger partial charge in [-0.2, -0.15) is 0 Å². The standard InChI is InChI=1S/C18H20ClN3O5S/c1-3-12(2)22-28(25,26)14-8-6-13(7-9-14)18(24)27-11-16(23)21-15-5-4-10-20-17(15)19/h4-10,12,22H,3,11H2,1-2H3,(H,21,23). The first-order valence-electron chi connectivity index (χ1n) is 8.43. The summed E-state index contributed by atoms with van der Waals surface area (Å²) >= 11 is 5.83. The van der Waals surface area contributed by atoms with Crippen LogP contribution in [0.15, 0.2) is 47.5 Å². The second-order valence-corrected chi connectivity index (χ2v) is 7.99. The molecule has 2 aromatic rings. The van der Waals surface area contributed by atoms with E-state index < -0.39 is 28.5 Å². The number of benzene rings is 1. The van der Waals surface area contributed by atoms with Crippen molar-refractivity contribution in [3.8, 4) is 0 Å². The molecule has 2 N–H and O–H groups in total. The fourth-order valence-corrected chi connectivity index (χ4v) is 3.56. The summed E-state index contributed by atoms with van der Waals surface area (Å²) in [7, 11) is -3.66. The number of carbonyl (C=O) groups excluding carboxylic acids is 2. The van der Waals surface area contributed by atoms with E-state index in [1.807, 2.05) is 6.92 Å². The van der Waals surface area contributed by atoms with Crippen molar-refractivity contribution in [2.45, 2.75) is 31.2 Å². The van der Waals surface area contributed by atoms with Gasteiger partial charge in [-0.05, 0) is 49.7 Å². The monoisotopic (exact) mass is 425 g/mol. The van der Waals surface area contributed by atoms with Gasteiger partial charge in [-0.1, -0.05) is 18.5 Å². The van der Waals surface area contributed by atoms with Gasteiger partial charge in [0.1, 0.15) is 0 Å². The maximum absolute atomic E-state index is 12.2. The number of halogens is 1. The van der Waals surface area contributed by atoms with Crippen LogP contribution in [0.2, 0.25) is 5.15 Å². The predicted molar refractivity (Wildman–Crippen MR) is 105 cm³/mol. The van der Waals surface area contributed by atoms with Gasteiger partial charge >= 0.3 is 5.97 Å². The van der Waals surface area contributed by atoms with Gasteiger partial charge in [-0.25, -0.2) is 22.9 Å². The summed E-state index contributed by atoms with van der Waals surface area (Å²) in [5.74, 6) is -1.34. The molecule has 1 aromatic heterocycles. The highest BCUT2D eigenvalue weighted by molar-refractivity contribution is 7.89. The van der Waals surface area contributed by atoms with Crippen molar-refractivity contribution in [3.63, 3.8) is 0 Å². The molecule has 0 bridgehead atoms. The first-order valence-corrected chi connectivity index (χ1v) is 10.3. The molecule has 1 aromatic carbocycles. The summed E-state index contributed by atoms with van der Waals surface area (Å²) in [5.41, 5.74) is 0.420. The summed E-state index contributed by atoms with van der Waals surface area (Å²) in [6.45, 7) is 3.09. The van der Waals surface area contributed by atoms with Crippen molar-refractivity contribution in [1.29, 1.82) is 0 Å². The van der Waals surface area contributed by atoms with E-state index >= 15 is 0 Å². The Labute approximate surface area is 168 Å². The zero-order valence-corrected chi connectivity index (χ0v) is 16.9. The average molecular weight is 426 g/mol. The number of hydrogen-bond donors (Lipinski definition) is 2. The van der Waals surface area contributed by atoms with E-state index in [0.717, 1.165) is 0 Å². The summed E-state index contributed by atoms with van der Waals surface area (Å²) in [4.78, 5) is 27.8. The summed E-state index contributed by atoms with van der Waals surface area (Å²) < 4.78 is 31.9. The van der Waals surface area contributed by atoms with E-state index in [1.54, 1.807) is 19.1 Å². The second-order valence-electron chi connectivity index (χ2n) is 5.92. The van der Waals surface area contributed by atoms with Crippen molar-refractivity contribution in [2.75, 3.05) is 11.9 Å². The first kappa shape index (κ1) is 21.8. The Kier molecular flexibility index (Phi) is 7.50. The van der Waals surface area contributed by atoms with Gasteiger partial charge in [-0.15, -0.1) is 0 Å². The number of hydrogen-bond acceptors (Lipinski definition) is 6. The topological polar surface area (TPSA) is 114 Å². The molecule has 1 heterocycles. The number of carbonyl (C=O) groups is 2. The molecule has 150 valence electrons. The van der Waals surface area contributed by atoms with Crippen LogP contribution >= 0.6 is 11.6 Å². The molecule has 0 radical (unpaired) electrons. The Morgan fingerprint density at radius 3 is 2.50 bits per heavy atom. The molecule has 28 heavy (non-hydrogen) atoms. The quantitative estimate of drug-likeness (QED) is 0.496. The fourth-order valence-electron chi connectivity index (χ4n) is 2.07. The zero-order valence-electron chi connectivity index (χ0n) is 15.3. The Bertz CT molecular complexity index is 948. The molecule has 0 saturated carbocycles. The third-order valence-corrected chi connectivity index (χ3v) is 5.64. The molecule has 0 saturated heterocycles. The number of anilines is 1. The Balaban J connectivity index is 1.94. The molecule has 1 amide bonds. The first-order chi connectivity index (χ1) is 13.2. The third kappa shape index (κ3) is 6.01. The molecule has 0 fully saturated rings. The van der Waals surface area contributed by atoms with Crippen LogP contribution < -0.4 is 10.0 Å². The lowest BCUT2D eigenvalue weighted by atomic mass is 10.2. The lowest BCUT2D eigenvalue weighted by molar-refractivity contribution is -0.119. The van der Waals surface area contributed by atoms with E-state index in [1.165, 1.54) is 30.5 Å².